The van der Waals surface area contributed by atoms with Crippen LogP contribution in [0.2, 0.25) is 5.02 Å². The molecule has 0 bridgehead atoms. The minimum Gasteiger partial charge on any atom is -0.160 e. The smallest absolute Gasteiger partial charge is 0.160 e. The Balaban J connectivity index is 3.01. The van der Waals surface area contributed by atoms with Crippen LogP contribution < -0.4 is 0 Å². The number of alkyl halides is 3. The Bertz CT molecular complexity index is 347. The van der Waals surface area contributed by atoms with Crippen molar-refractivity contribution in [1.82, 2.24) is 0 Å². The van der Waals surface area contributed by atoms with Gasteiger partial charge in [0.25, 0.3) is 0 Å². The molecule has 5 heteroatoms. The van der Waals surface area contributed by atoms with Crippen LogP contribution in [0.25, 0.3) is 0 Å². The largest absolute Gasteiger partial charge is 0.446 e. The van der Waals surface area contributed by atoms with E-state index in [0.29, 0.717) is 0 Å². The van der Waals surface area contributed by atoms with E-state index in [-0.39, 0.29) is 27.6 Å². The lowest BCUT2D eigenvalue weighted by molar-refractivity contribution is -0.0328. The maximum atomic E-state index is 12.2. The van der Waals surface area contributed by atoms with Gasteiger partial charge in [-0.15, -0.1) is 0 Å². The maximum Gasteiger partial charge on any atom is 0.446 e. The van der Waals surface area contributed by atoms with Gasteiger partial charge in [0.05, 0.1) is 5.02 Å². The fraction of sp³-hybridized carbons (Fsp3) is 0.400. The molecular formula is C10H10ClF3S. The maximum absolute atomic E-state index is 12.2. The third-order valence-corrected chi connectivity index (χ3v) is 3.08. The molecule has 84 valence electrons. The first-order chi connectivity index (χ1) is 6.79. The van der Waals surface area contributed by atoms with Gasteiger partial charge in [-0.2, -0.15) is 13.2 Å². The third kappa shape index (κ3) is 3.95. The van der Waals surface area contributed by atoms with Crippen molar-refractivity contribution < 1.29 is 13.2 Å². The molecule has 0 radical (unpaired) electrons. The van der Waals surface area contributed by atoms with E-state index < -0.39 is 5.51 Å². The van der Waals surface area contributed by atoms with Crippen molar-refractivity contribution in [1.29, 1.82) is 0 Å². The van der Waals surface area contributed by atoms with E-state index in [1.54, 1.807) is 6.07 Å². The molecule has 0 unspecified atom stereocenters. The van der Waals surface area contributed by atoms with Gasteiger partial charge in [0.2, 0.25) is 0 Å². The van der Waals surface area contributed by atoms with E-state index in [4.69, 9.17) is 11.6 Å². The molecule has 0 aliphatic heterocycles. The van der Waals surface area contributed by atoms with Crippen molar-refractivity contribution in [2.75, 3.05) is 0 Å². The molecule has 0 aromatic heterocycles. The molecule has 0 nitrogen and oxygen atoms in total. The Hall–Kier alpha value is -0.350. The molecule has 0 fully saturated rings. The van der Waals surface area contributed by atoms with Crippen LogP contribution in [0, 0.1) is 0 Å². The fourth-order valence-corrected chi connectivity index (χ4v) is 1.93. The number of hydrogen-bond donors (Lipinski definition) is 0. The molecule has 0 aliphatic carbocycles. The van der Waals surface area contributed by atoms with Crippen LogP contribution in [0.4, 0.5) is 13.2 Å². The molecular weight excluding hydrogens is 245 g/mol. The van der Waals surface area contributed by atoms with E-state index >= 15 is 0 Å². The van der Waals surface area contributed by atoms with Crippen molar-refractivity contribution in [2.24, 2.45) is 0 Å². The van der Waals surface area contributed by atoms with Crippen molar-refractivity contribution in [3.05, 3.63) is 28.8 Å². The predicted molar refractivity (Wildman–Crippen MR) is 57.5 cm³/mol. The Morgan fingerprint density at radius 1 is 1.27 bits per heavy atom. The summed E-state index contributed by atoms with van der Waals surface area (Å²) in [6, 6.07) is 4.74. The Kier molecular flexibility index (Phi) is 3.95. The summed E-state index contributed by atoms with van der Waals surface area (Å²) < 4.78 is 36.5. The molecule has 0 N–H and O–H groups in total. The summed E-state index contributed by atoms with van der Waals surface area (Å²) in [5, 5.41) is 0.140. The minimum absolute atomic E-state index is 0.0652. The predicted octanol–water partition coefficient (Wildman–Crippen LogP) is 5.08. The van der Waals surface area contributed by atoms with Crippen molar-refractivity contribution >= 4 is 23.4 Å². The normalized spacial score (nSPS) is 12.2. The quantitative estimate of drug-likeness (QED) is 0.664. The first-order valence-corrected chi connectivity index (χ1v) is 5.54. The van der Waals surface area contributed by atoms with Gasteiger partial charge in [-0.1, -0.05) is 31.5 Å². The summed E-state index contributed by atoms with van der Waals surface area (Å²) in [6.07, 6.45) is 0. The molecule has 0 spiro atoms. The molecule has 0 aliphatic rings. The summed E-state index contributed by atoms with van der Waals surface area (Å²) in [5.74, 6) is 0.190. The SMILES string of the molecule is CC(C)c1ccc(Cl)c(SC(F)(F)F)c1. The van der Waals surface area contributed by atoms with E-state index in [1.807, 2.05) is 13.8 Å². The summed E-state index contributed by atoms with van der Waals surface area (Å²) in [7, 11) is 0. The van der Waals surface area contributed by atoms with Crippen molar-refractivity contribution in [3.63, 3.8) is 0 Å². The second-order valence-electron chi connectivity index (χ2n) is 3.39. The standard InChI is InChI=1S/C10H10ClF3S/c1-6(2)7-3-4-8(11)9(5-7)15-10(12,13)14/h3-6H,1-2H3. The van der Waals surface area contributed by atoms with E-state index in [0.717, 1.165) is 5.56 Å². The van der Waals surface area contributed by atoms with Gasteiger partial charge in [-0.3, -0.25) is 0 Å². The monoisotopic (exact) mass is 254 g/mol. The second kappa shape index (κ2) is 4.66. The average Bonchev–Trinajstić information content (AvgIpc) is 2.06. The lowest BCUT2D eigenvalue weighted by Crippen LogP contribution is -2.00. The lowest BCUT2D eigenvalue weighted by atomic mass is 10.0. The second-order valence-corrected chi connectivity index (χ2v) is 4.91. The molecule has 0 saturated heterocycles. The highest BCUT2D eigenvalue weighted by Crippen LogP contribution is 2.41. The number of hydrogen-bond acceptors (Lipinski definition) is 1. The highest BCUT2D eigenvalue weighted by atomic mass is 35.5. The van der Waals surface area contributed by atoms with E-state index in [2.05, 4.69) is 0 Å². The number of halogens is 4. The van der Waals surface area contributed by atoms with Gasteiger partial charge < -0.3 is 0 Å². The molecule has 1 rings (SSSR count). The zero-order chi connectivity index (χ0) is 11.6. The molecule has 0 atom stereocenters. The molecule has 1 aromatic carbocycles. The third-order valence-electron chi connectivity index (χ3n) is 1.85. The van der Waals surface area contributed by atoms with Gasteiger partial charge in [0.1, 0.15) is 0 Å². The summed E-state index contributed by atoms with van der Waals surface area (Å²) in [5.41, 5.74) is -3.44. The van der Waals surface area contributed by atoms with Gasteiger partial charge in [0, 0.05) is 4.90 Å². The summed E-state index contributed by atoms with van der Waals surface area (Å²) in [4.78, 5) is 0.0652. The summed E-state index contributed by atoms with van der Waals surface area (Å²) in [6.45, 7) is 3.84. The Morgan fingerprint density at radius 3 is 2.33 bits per heavy atom. The first-order valence-electron chi connectivity index (χ1n) is 4.35. The van der Waals surface area contributed by atoms with Gasteiger partial charge in [-0.25, -0.2) is 0 Å². The van der Waals surface area contributed by atoms with Crippen molar-refractivity contribution in [2.45, 2.75) is 30.2 Å². The first kappa shape index (κ1) is 12.7. The van der Waals surface area contributed by atoms with Crippen LogP contribution in [0.5, 0.6) is 0 Å². The number of benzene rings is 1. The molecule has 0 amide bonds. The van der Waals surface area contributed by atoms with E-state index in [9.17, 15) is 13.2 Å². The molecule has 0 heterocycles. The molecule has 0 saturated carbocycles. The van der Waals surface area contributed by atoms with Crippen LogP contribution in [-0.2, 0) is 0 Å². The minimum atomic E-state index is -4.29. The number of rotatable bonds is 2. The number of thioether (sulfide) groups is 1. The summed E-state index contributed by atoms with van der Waals surface area (Å²) >= 11 is 5.51. The van der Waals surface area contributed by atoms with Gasteiger partial charge in [-0.05, 0) is 35.4 Å². The fourth-order valence-electron chi connectivity index (χ4n) is 1.08. The Labute approximate surface area is 95.8 Å². The molecule has 1 aromatic rings. The average molecular weight is 255 g/mol. The topological polar surface area (TPSA) is 0 Å². The Morgan fingerprint density at radius 2 is 1.87 bits per heavy atom. The van der Waals surface area contributed by atoms with E-state index in [1.165, 1.54) is 12.1 Å². The van der Waals surface area contributed by atoms with Gasteiger partial charge in [0.15, 0.2) is 0 Å². The zero-order valence-corrected chi connectivity index (χ0v) is 9.80. The van der Waals surface area contributed by atoms with Crippen LogP contribution >= 0.6 is 23.4 Å². The van der Waals surface area contributed by atoms with Crippen LogP contribution in [0.1, 0.15) is 25.3 Å². The zero-order valence-electron chi connectivity index (χ0n) is 8.23. The highest BCUT2D eigenvalue weighted by Gasteiger charge is 2.30. The lowest BCUT2D eigenvalue weighted by Gasteiger charge is -2.11. The molecule has 15 heavy (non-hydrogen) atoms. The van der Waals surface area contributed by atoms with Gasteiger partial charge >= 0.3 is 5.51 Å². The highest BCUT2D eigenvalue weighted by molar-refractivity contribution is 8.00. The van der Waals surface area contributed by atoms with Crippen LogP contribution in [-0.4, -0.2) is 5.51 Å². The van der Waals surface area contributed by atoms with Crippen LogP contribution in [0.3, 0.4) is 0 Å². The van der Waals surface area contributed by atoms with Crippen LogP contribution in [0.15, 0.2) is 23.1 Å². The van der Waals surface area contributed by atoms with Crippen molar-refractivity contribution in [3.8, 4) is 0 Å².